The average Bonchev–Trinajstić information content (AvgIpc) is 3.16. The Morgan fingerprint density at radius 1 is 0.879 bits per heavy atom. The van der Waals surface area contributed by atoms with Crippen LogP contribution in [-0.4, -0.2) is 45.8 Å². The highest BCUT2D eigenvalue weighted by Gasteiger charge is 2.24. The van der Waals surface area contributed by atoms with Gasteiger partial charge in [-0.2, -0.15) is 9.50 Å². The maximum atomic E-state index is 13.6. The first-order valence-electron chi connectivity index (χ1n) is 11.4. The molecule has 0 aliphatic carbocycles. The number of rotatable bonds is 4. The predicted molar refractivity (Wildman–Crippen MR) is 130 cm³/mol. The molecule has 5 rings (SSSR count). The van der Waals surface area contributed by atoms with Crippen LogP contribution in [0.1, 0.15) is 33.8 Å². The van der Waals surface area contributed by atoms with Crippen molar-refractivity contribution in [3.8, 4) is 0 Å². The third-order valence-corrected chi connectivity index (χ3v) is 6.50. The minimum absolute atomic E-state index is 0.247. The number of fused-ring (bicyclic) bond motifs is 1. The zero-order valence-corrected chi connectivity index (χ0v) is 19.6. The number of piperazine rings is 1. The van der Waals surface area contributed by atoms with E-state index in [4.69, 9.17) is 5.10 Å². The largest absolute Gasteiger partial charge is 0.368 e. The van der Waals surface area contributed by atoms with Crippen molar-refractivity contribution in [1.29, 1.82) is 0 Å². The Morgan fingerprint density at radius 2 is 1.64 bits per heavy atom. The summed E-state index contributed by atoms with van der Waals surface area (Å²) in [7, 11) is 0. The van der Waals surface area contributed by atoms with Crippen molar-refractivity contribution in [3.05, 3.63) is 82.1 Å². The molecule has 0 saturated carbocycles. The second kappa shape index (κ2) is 8.46. The summed E-state index contributed by atoms with van der Waals surface area (Å²) in [5, 5.41) is 4.78. The molecule has 1 saturated heterocycles. The van der Waals surface area contributed by atoms with E-state index in [0.717, 1.165) is 48.8 Å². The number of benzene rings is 2. The summed E-state index contributed by atoms with van der Waals surface area (Å²) in [6.07, 6.45) is 0.471. The van der Waals surface area contributed by atoms with Gasteiger partial charge in [0.1, 0.15) is 11.6 Å². The van der Waals surface area contributed by atoms with E-state index in [2.05, 4.69) is 58.7 Å². The second-order valence-electron chi connectivity index (χ2n) is 8.96. The maximum absolute atomic E-state index is 13.6. The van der Waals surface area contributed by atoms with E-state index in [1.807, 2.05) is 17.5 Å². The van der Waals surface area contributed by atoms with Crippen LogP contribution < -0.4 is 9.80 Å². The standard InChI is InChI=1S/C26H29FN6/c1-17-8-9-23(18(2)14-17)31-10-12-32(13-11-31)25-19(3)20(4)28-26-29-24(30-33(25)26)16-21-6-5-7-22(27)15-21/h5-9,14-15H,10-13,16H2,1-4H3. The Kier molecular flexibility index (Phi) is 5.48. The van der Waals surface area contributed by atoms with Crippen LogP contribution in [0, 0.1) is 33.5 Å². The molecule has 2 aromatic heterocycles. The van der Waals surface area contributed by atoms with Gasteiger partial charge in [-0.3, -0.25) is 0 Å². The van der Waals surface area contributed by atoms with Crippen molar-refractivity contribution < 1.29 is 4.39 Å². The van der Waals surface area contributed by atoms with E-state index in [9.17, 15) is 4.39 Å². The van der Waals surface area contributed by atoms with Crippen LogP contribution >= 0.6 is 0 Å². The summed E-state index contributed by atoms with van der Waals surface area (Å²) in [5.41, 5.74) is 6.85. The lowest BCUT2D eigenvalue weighted by molar-refractivity contribution is 0.625. The molecular formula is C26H29FN6. The zero-order chi connectivity index (χ0) is 23.1. The monoisotopic (exact) mass is 444 g/mol. The van der Waals surface area contributed by atoms with Crippen molar-refractivity contribution in [2.75, 3.05) is 36.0 Å². The van der Waals surface area contributed by atoms with Crippen LogP contribution in [0.4, 0.5) is 15.9 Å². The molecule has 0 atom stereocenters. The van der Waals surface area contributed by atoms with E-state index in [1.54, 1.807) is 6.07 Å². The number of hydrogen-bond acceptors (Lipinski definition) is 5. The molecule has 1 fully saturated rings. The van der Waals surface area contributed by atoms with Gasteiger partial charge >= 0.3 is 0 Å². The van der Waals surface area contributed by atoms with Crippen LogP contribution in [0.2, 0.25) is 0 Å². The molecule has 2 aromatic carbocycles. The summed E-state index contributed by atoms with van der Waals surface area (Å²) in [6.45, 7) is 12.1. The molecule has 3 heterocycles. The van der Waals surface area contributed by atoms with Crippen LogP contribution in [0.5, 0.6) is 0 Å². The van der Waals surface area contributed by atoms with Gasteiger partial charge in [0.15, 0.2) is 5.82 Å². The lowest BCUT2D eigenvalue weighted by Gasteiger charge is -2.38. The van der Waals surface area contributed by atoms with Gasteiger partial charge in [0, 0.05) is 49.5 Å². The number of aromatic nitrogens is 4. The molecule has 0 unspecified atom stereocenters. The van der Waals surface area contributed by atoms with Crippen LogP contribution in [-0.2, 0) is 6.42 Å². The first-order chi connectivity index (χ1) is 15.9. The van der Waals surface area contributed by atoms with Gasteiger partial charge < -0.3 is 9.80 Å². The molecule has 0 bridgehead atoms. The van der Waals surface area contributed by atoms with Crippen molar-refractivity contribution in [2.45, 2.75) is 34.1 Å². The fourth-order valence-corrected chi connectivity index (χ4v) is 4.71. The van der Waals surface area contributed by atoms with E-state index in [-0.39, 0.29) is 5.82 Å². The lowest BCUT2D eigenvalue weighted by atomic mass is 10.1. The Hall–Kier alpha value is -3.48. The van der Waals surface area contributed by atoms with Gasteiger partial charge in [-0.1, -0.05) is 29.8 Å². The van der Waals surface area contributed by atoms with Gasteiger partial charge in [0.2, 0.25) is 0 Å². The molecule has 7 heteroatoms. The topological polar surface area (TPSA) is 49.6 Å². The molecule has 1 aliphatic heterocycles. The Labute approximate surface area is 193 Å². The van der Waals surface area contributed by atoms with E-state index >= 15 is 0 Å². The van der Waals surface area contributed by atoms with Gasteiger partial charge in [0.05, 0.1) is 0 Å². The molecule has 33 heavy (non-hydrogen) atoms. The van der Waals surface area contributed by atoms with E-state index < -0.39 is 0 Å². The van der Waals surface area contributed by atoms with Gasteiger partial charge in [-0.05, 0) is 57.0 Å². The average molecular weight is 445 g/mol. The number of aryl methyl sites for hydroxylation is 3. The minimum atomic E-state index is -0.247. The lowest BCUT2D eigenvalue weighted by Crippen LogP contribution is -2.47. The van der Waals surface area contributed by atoms with Gasteiger partial charge in [0.25, 0.3) is 5.78 Å². The number of hydrogen-bond donors (Lipinski definition) is 0. The first kappa shape index (κ1) is 21.4. The number of anilines is 2. The number of halogens is 1. The maximum Gasteiger partial charge on any atom is 0.254 e. The molecule has 170 valence electrons. The summed E-state index contributed by atoms with van der Waals surface area (Å²) in [6, 6.07) is 13.3. The molecule has 4 aromatic rings. The van der Waals surface area contributed by atoms with Crippen LogP contribution in [0.15, 0.2) is 42.5 Å². The third-order valence-electron chi connectivity index (χ3n) is 6.50. The first-order valence-corrected chi connectivity index (χ1v) is 11.4. The highest BCUT2D eigenvalue weighted by molar-refractivity contribution is 5.58. The molecule has 0 amide bonds. The smallest absolute Gasteiger partial charge is 0.254 e. The van der Waals surface area contributed by atoms with Crippen molar-refractivity contribution in [3.63, 3.8) is 0 Å². The third kappa shape index (κ3) is 4.15. The minimum Gasteiger partial charge on any atom is -0.368 e. The molecule has 1 aliphatic rings. The fourth-order valence-electron chi connectivity index (χ4n) is 4.71. The Bertz CT molecular complexity index is 1320. The van der Waals surface area contributed by atoms with Crippen LogP contribution in [0.25, 0.3) is 5.78 Å². The van der Waals surface area contributed by atoms with E-state index in [1.165, 1.54) is 28.9 Å². The SMILES string of the molecule is Cc1ccc(N2CCN(c3c(C)c(C)nc4nc(Cc5cccc(F)c5)nn34)CC2)c(C)c1. The molecule has 0 N–H and O–H groups in total. The molecule has 6 nitrogen and oxygen atoms in total. The fraction of sp³-hybridized carbons (Fsp3) is 0.346. The molecular weight excluding hydrogens is 415 g/mol. The Morgan fingerprint density at radius 3 is 2.36 bits per heavy atom. The van der Waals surface area contributed by atoms with Crippen LogP contribution in [0.3, 0.4) is 0 Å². The predicted octanol–water partition coefficient (Wildman–Crippen LogP) is 4.41. The molecule has 0 spiro atoms. The normalized spacial score (nSPS) is 14.3. The summed E-state index contributed by atoms with van der Waals surface area (Å²) < 4.78 is 15.5. The number of nitrogens with zero attached hydrogens (tertiary/aromatic N) is 6. The summed E-state index contributed by atoms with van der Waals surface area (Å²) in [5.74, 6) is 2.05. The van der Waals surface area contributed by atoms with Crippen molar-refractivity contribution >= 4 is 17.3 Å². The van der Waals surface area contributed by atoms with Gasteiger partial charge in [-0.25, -0.2) is 9.37 Å². The quantitative estimate of drug-likeness (QED) is 0.467. The van der Waals surface area contributed by atoms with E-state index in [0.29, 0.717) is 18.0 Å². The Balaban J connectivity index is 1.43. The molecule has 0 radical (unpaired) electrons. The summed E-state index contributed by atoms with van der Waals surface area (Å²) in [4.78, 5) is 14.2. The zero-order valence-electron chi connectivity index (χ0n) is 19.6. The highest BCUT2D eigenvalue weighted by atomic mass is 19.1. The van der Waals surface area contributed by atoms with Crippen molar-refractivity contribution in [2.24, 2.45) is 0 Å². The highest BCUT2D eigenvalue weighted by Crippen LogP contribution is 2.27. The second-order valence-corrected chi connectivity index (χ2v) is 8.96. The van der Waals surface area contributed by atoms with Gasteiger partial charge in [-0.15, -0.1) is 5.10 Å². The van der Waals surface area contributed by atoms with Crippen molar-refractivity contribution in [1.82, 2.24) is 19.6 Å². The summed E-state index contributed by atoms with van der Waals surface area (Å²) >= 11 is 0.